The molecule has 1 saturated carbocycles. The summed E-state index contributed by atoms with van der Waals surface area (Å²) in [6.45, 7) is 0.796. The molecule has 0 radical (unpaired) electrons. The van der Waals surface area contributed by atoms with Gasteiger partial charge in [0, 0.05) is 24.1 Å². The van der Waals surface area contributed by atoms with Gasteiger partial charge in [-0.2, -0.15) is 0 Å². The summed E-state index contributed by atoms with van der Waals surface area (Å²) >= 11 is 0. The molecule has 2 aromatic rings. The summed E-state index contributed by atoms with van der Waals surface area (Å²) in [7, 11) is 0. The van der Waals surface area contributed by atoms with E-state index in [0.29, 0.717) is 0 Å². The molecule has 2 N–H and O–H groups in total. The lowest BCUT2D eigenvalue weighted by Gasteiger charge is -2.39. The zero-order valence-electron chi connectivity index (χ0n) is 15.1. The minimum atomic E-state index is -0.257. The molecule has 140 valence electrons. The molecule has 2 fully saturated rings. The standard InChI is InChI=1S/C22H23FN2O2/c23-16-3-1-2-14(10-16)15-6-7-19-18(11-15)21-17(20(12-26)24-19)8-9-25(21)22(27)13-4-5-13/h1-3,6-7,10-11,13,17,20-21,24,26H,4-5,8-9,12H2/t17-,20+,21-/m1/s1. The van der Waals surface area contributed by atoms with Crippen LogP contribution in [0.1, 0.15) is 30.9 Å². The first-order chi connectivity index (χ1) is 13.2. The van der Waals surface area contributed by atoms with Crippen LogP contribution in [0.3, 0.4) is 0 Å². The van der Waals surface area contributed by atoms with Crippen molar-refractivity contribution in [3.8, 4) is 11.1 Å². The Kier molecular flexibility index (Phi) is 3.93. The molecule has 0 spiro atoms. The number of carbonyl (C=O) groups is 1. The number of benzene rings is 2. The summed E-state index contributed by atoms with van der Waals surface area (Å²) < 4.78 is 13.7. The van der Waals surface area contributed by atoms with Crippen molar-refractivity contribution in [1.82, 2.24) is 4.90 Å². The van der Waals surface area contributed by atoms with E-state index < -0.39 is 0 Å². The normalized spacial score (nSPS) is 26.3. The maximum Gasteiger partial charge on any atom is 0.226 e. The van der Waals surface area contributed by atoms with E-state index in [-0.39, 0.29) is 42.3 Å². The number of nitrogens with zero attached hydrogens (tertiary/aromatic N) is 1. The van der Waals surface area contributed by atoms with Gasteiger partial charge in [0.2, 0.25) is 5.91 Å². The van der Waals surface area contributed by atoms with Crippen molar-refractivity contribution in [2.45, 2.75) is 31.3 Å². The minimum Gasteiger partial charge on any atom is -0.394 e. The van der Waals surface area contributed by atoms with E-state index in [2.05, 4.69) is 11.4 Å². The molecule has 5 heteroatoms. The zero-order chi connectivity index (χ0) is 18.5. The molecule has 3 atom stereocenters. The van der Waals surface area contributed by atoms with Crippen LogP contribution in [-0.4, -0.2) is 35.1 Å². The second-order valence-corrected chi connectivity index (χ2v) is 7.95. The number of fused-ring (bicyclic) bond motifs is 3. The predicted molar refractivity (Wildman–Crippen MR) is 102 cm³/mol. The Morgan fingerprint density at radius 2 is 1.96 bits per heavy atom. The van der Waals surface area contributed by atoms with Gasteiger partial charge in [-0.3, -0.25) is 4.79 Å². The van der Waals surface area contributed by atoms with Gasteiger partial charge in [0.15, 0.2) is 0 Å². The zero-order valence-corrected chi connectivity index (χ0v) is 15.1. The molecule has 0 aromatic heterocycles. The van der Waals surface area contributed by atoms with Crippen LogP contribution in [0.15, 0.2) is 42.5 Å². The van der Waals surface area contributed by atoms with Crippen LogP contribution in [0.2, 0.25) is 0 Å². The third-order valence-electron chi connectivity index (χ3n) is 6.24. The molecule has 1 amide bonds. The Hall–Kier alpha value is -2.40. The van der Waals surface area contributed by atoms with Crippen LogP contribution in [-0.2, 0) is 4.79 Å². The third-order valence-corrected chi connectivity index (χ3v) is 6.24. The first-order valence-electron chi connectivity index (χ1n) is 9.73. The number of halogens is 1. The average molecular weight is 366 g/mol. The number of aliphatic hydroxyl groups is 1. The van der Waals surface area contributed by atoms with Crippen molar-refractivity contribution in [1.29, 1.82) is 0 Å². The lowest BCUT2D eigenvalue weighted by Crippen LogP contribution is -2.43. The fraction of sp³-hybridized carbons (Fsp3) is 0.409. The number of aliphatic hydroxyl groups excluding tert-OH is 1. The van der Waals surface area contributed by atoms with Gasteiger partial charge in [-0.1, -0.05) is 18.2 Å². The SMILES string of the molecule is O=C(C1CC1)N1CC[C@@H]2[C@H](CO)Nc3ccc(-c4cccc(F)c4)cc3[C@@H]21. The van der Waals surface area contributed by atoms with Crippen molar-refractivity contribution in [2.75, 3.05) is 18.5 Å². The third kappa shape index (κ3) is 2.81. The van der Waals surface area contributed by atoms with E-state index in [9.17, 15) is 14.3 Å². The quantitative estimate of drug-likeness (QED) is 0.873. The fourth-order valence-electron chi connectivity index (χ4n) is 4.72. The Balaban J connectivity index is 1.58. The highest BCUT2D eigenvalue weighted by molar-refractivity contribution is 5.83. The van der Waals surface area contributed by atoms with Gasteiger partial charge in [-0.25, -0.2) is 4.39 Å². The molecule has 27 heavy (non-hydrogen) atoms. The number of nitrogens with one attached hydrogen (secondary N) is 1. The molecule has 4 nitrogen and oxygen atoms in total. The van der Waals surface area contributed by atoms with Crippen LogP contribution in [0.5, 0.6) is 0 Å². The molecule has 3 aliphatic rings. The number of carbonyl (C=O) groups excluding carboxylic acids is 1. The van der Waals surface area contributed by atoms with Crippen molar-refractivity contribution >= 4 is 11.6 Å². The second-order valence-electron chi connectivity index (χ2n) is 7.95. The molecular weight excluding hydrogens is 343 g/mol. The molecule has 5 rings (SSSR count). The van der Waals surface area contributed by atoms with Gasteiger partial charge < -0.3 is 15.3 Å². The van der Waals surface area contributed by atoms with Crippen molar-refractivity contribution < 1.29 is 14.3 Å². The fourth-order valence-corrected chi connectivity index (χ4v) is 4.72. The smallest absolute Gasteiger partial charge is 0.226 e. The lowest BCUT2D eigenvalue weighted by atomic mass is 9.82. The molecule has 2 aromatic carbocycles. The number of likely N-dealkylation sites (tertiary alicyclic amines) is 1. The molecule has 0 unspecified atom stereocenters. The van der Waals surface area contributed by atoms with Crippen molar-refractivity contribution in [2.24, 2.45) is 11.8 Å². The first-order valence-corrected chi connectivity index (χ1v) is 9.73. The molecular formula is C22H23FN2O2. The maximum absolute atomic E-state index is 13.7. The van der Waals surface area contributed by atoms with Crippen LogP contribution in [0, 0.1) is 17.7 Å². The Labute approximate surface area is 158 Å². The van der Waals surface area contributed by atoms with Gasteiger partial charge in [-0.05, 0) is 60.2 Å². The maximum atomic E-state index is 13.7. The monoisotopic (exact) mass is 366 g/mol. The van der Waals surface area contributed by atoms with Crippen LogP contribution in [0.25, 0.3) is 11.1 Å². The highest BCUT2D eigenvalue weighted by Gasteiger charge is 2.48. The van der Waals surface area contributed by atoms with E-state index in [4.69, 9.17) is 0 Å². The summed E-state index contributed by atoms with van der Waals surface area (Å²) in [6.07, 6.45) is 2.88. The molecule has 0 bridgehead atoms. The van der Waals surface area contributed by atoms with Gasteiger partial charge in [0.05, 0.1) is 18.7 Å². The Morgan fingerprint density at radius 3 is 2.70 bits per heavy atom. The Bertz CT molecular complexity index is 896. The number of hydrogen-bond acceptors (Lipinski definition) is 3. The van der Waals surface area contributed by atoms with Crippen molar-refractivity contribution in [3.05, 3.63) is 53.8 Å². The topological polar surface area (TPSA) is 52.6 Å². The average Bonchev–Trinajstić information content (AvgIpc) is 3.44. The molecule has 2 aliphatic heterocycles. The predicted octanol–water partition coefficient (Wildman–Crippen LogP) is 3.58. The van der Waals surface area contributed by atoms with E-state index in [1.807, 2.05) is 23.1 Å². The van der Waals surface area contributed by atoms with E-state index in [0.717, 1.165) is 48.2 Å². The number of rotatable bonds is 3. The number of anilines is 1. The summed E-state index contributed by atoms with van der Waals surface area (Å²) in [5.74, 6) is 0.380. The van der Waals surface area contributed by atoms with E-state index in [1.54, 1.807) is 6.07 Å². The number of amides is 1. The summed E-state index contributed by atoms with van der Waals surface area (Å²) in [4.78, 5) is 14.9. The largest absolute Gasteiger partial charge is 0.394 e. The van der Waals surface area contributed by atoms with Gasteiger partial charge >= 0.3 is 0 Å². The first kappa shape index (κ1) is 16.8. The molecule has 2 heterocycles. The lowest BCUT2D eigenvalue weighted by molar-refractivity contribution is -0.134. The van der Waals surface area contributed by atoms with Crippen LogP contribution in [0.4, 0.5) is 10.1 Å². The number of hydrogen-bond donors (Lipinski definition) is 2. The van der Waals surface area contributed by atoms with Crippen molar-refractivity contribution in [3.63, 3.8) is 0 Å². The van der Waals surface area contributed by atoms with Gasteiger partial charge in [-0.15, -0.1) is 0 Å². The van der Waals surface area contributed by atoms with E-state index >= 15 is 0 Å². The molecule has 1 aliphatic carbocycles. The summed E-state index contributed by atoms with van der Waals surface area (Å²) in [5.41, 5.74) is 3.82. The summed E-state index contributed by atoms with van der Waals surface area (Å²) in [6, 6.07) is 12.6. The van der Waals surface area contributed by atoms with E-state index in [1.165, 1.54) is 12.1 Å². The van der Waals surface area contributed by atoms with Crippen LogP contribution < -0.4 is 5.32 Å². The van der Waals surface area contributed by atoms with Gasteiger partial charge in [0.25, 0.3) is 0 Å². The molecule has 1 saturated heterocycles. The highest BCUT2D eigenvalue weighted by atomic mass is 19.1. The van der Waals surface area contributed by atoms with Gasteiger partial charge in [0.1, 0.15) is 5.82 Å². The highest BCUT2D eigenvalue weighted by Crippen LogP contribution is 2.49. The Morgan fingerprint density at radius 1 is 1.15 bits per heavy atom. The minimum absolute atomic E-state index is 0.0139. The second kappa shape index (κ2) is 6.34. The van der Waals surface area contributed by atoms with Crippen LogP contribution >= 0.6 is 0 Å². The summed E-state index contributed by atoms with van der Waals surface area (Å²) in [5, 5.41) is 13.3.